The van der Waals surface area contributed by atoms with E-state index in [9.17, 15) is 14.9 Å². The van der Waals surface area contributed by atoms with Gasteiger partial charge in [0.05, 0.1) is 17.6 Å². The summed E-state index contributed by atoms with van der Waals surface area (Å²) >= 11 is 1.45. The molecule has 0 aliphatic carbocycles. The van der Waals surface area contributed by atoms with Gasteiger partial charge in [0, 0.05) is 29.1 Å². The first-order chi connectivity index (χ1) is 16.0. The SMILES string of the molecule is COc1ccc(-n2c(SCc3ccc(C(=O)O)cc3)nnc2-c2ccc([N+](=O)[O-])cc2)cc1. The number of carbonyl (C=O) groups is 1. The summed E-state index contributed by atoms with van der Waals surface area (Å²) in [7, 11) is 1.59. The Labute approximate surface area is 192 Å². The zero-order chi connectivity index (χ0) is 23.4. The van der Waals surface area contributed by atoms with Crippen molar-refractivity contribution in [2.75, 3.05) is 7.11 Å². The van der Waals surface area contributed by atoms with Crippen LogP contribution in [0.1, 0.15) is 15.9 Å². The molecular formula is C23H18N4O5S. The molecule has 0 aliphatic rings. The van der Waals surface area contributed by atoms with E-state index in [1.54, 1.807) is 43.5 Å². The van der Waals surface area contributed by atoms with Gasteiger partial charge in [0.1, 0.15) is 5.75 Å². The number of aromatic nitrogens is 3. The van der Waals surface area contributed by atoms with Crippen LogP contribution in [0.25, 0.3) is 17.1 Å². The Hall–Kier alpha value is -4.18. The van der Waals surface area contributed by atoms with E-state index in [1.165, 1.54) is 23.9 Å². The molecule has 0 radical (unpaired) electrons. The molecule has 0 unspecified atom stereocenters. The number of non-ortho nitro benzene ring substituents is 1. The highest BCUT2D eigenvalue weighted by atomic mass is 32.2. The molecule has 0 saturated heterocycles. The van der Waals surface area contributed by atoms with Gasteiger partial charge >= 0.3 is 5.97 Å². The summed E-state index contributed by atoms with van der Waals surface area (Å²) in [5.74, 6) is 0.825. The van der Waals surface area contributed by atoms with Gasteiger partial charge in [-0.05, 0) is 54.1 Å². The van der Waals surface area contributed by atoms with Crippen LogP contribution in [0, 0.1) is 10.1 Å². The topological polar surface area (TPSA) is 120 Å². The van der Waals surface area contributed by atoms with Crippen LogP contribution >= 0.6 is 11.8 Å². The Balaban J connectivity index is 1.68. The summed E-state index contributed by atoms with van der Waals surface area (Å²) in [5.41, 5.74) is 2.64. The third-order valence-corrected chi connectivity index (χ3v) is 5.87. The number of nitro groups is 1. The fourth-order valence-corrected chi connectivity index (χ4v) is 4.05. The summed E-state index contributed by atoms with van der Waals surface area (Å²) in [6.45, 7) is 0. The molecule has 0 amide bonds. The number of rotatable bonds is 8. The van der Waals surface area contributed by atoms with Crippen molar-refractivity contribution >= 4 is 23.4 Å². The highest BCUT2D eigenvalue weighted by Crippen LogP contribution is 2.31. The number of nitrogens with zero attached hydrogens (tertiary/aromatic N) is 4. The molecule has 0 spiro atoms. The molecule has 10 heteroatoms. The lowest BCUT2D eigenvalue weighted by Crippen LogP contribution is -2.00. The number of carboxylic acid groups (broad SMARTS) is 1. The molecule has 166 valence electrons. The van der Waals surface area contributed by atoms with Gasteiger partial charge in [-0.1, -0.05) is 23.9 Å². The number of hydrogen-bond acceptors (Lipinski definition) is 7. The van der Waals surface area contributed by atoms with E-state index in [0.29, 0.717) is 28.0 Å². The summed E-state index contributed by atoms with van der Waals surface area (Å²) in [4.78, 5) is 21.6. The number of methoxy groups -OCH3 is 1. The molecular weight excluding hydrogens is 444 g/mol. The van der Waals surface area contributed by atoms with E-state index in [0.717, 1.165) is 11.3 Å². The van der Waals surface area contributed by atoms with Gasteiger partial charge in [-0.25, -0.2) is 4.79 Å². The smallest absolute Gasteiger partial charge is 0.335 e. The highest BCUT2D eigenvalue weighted by Gasteiger charge is 2.17. The van der Waals surface area contributed by atoms with E-state index in [-0.39, 0.29) is 11.3 Å². The zero-order valence-corrected chi connectivity index (χ0v) is 18.2. The van der Waals surface area contributed by atoms with Crippen molar-refractivity contribution in [1.82, 2.24) is 14.8 Å². The number of hydrogen-bond donors (Lipinski definition) is 1. The van der Waals surface area contributed by atoms with Crippen LogP contribution in [0.5, 0.6) is 5.75 Å². The van der Waals surface area contributed by atoms with E-state index >= 15 is 0 Å². The molecule has 1 aromatic heterocycles. The first kappa shape index (κ1) is 22.0. The van der Waals surface area contributed by atoms with Gasteiger partial charge in [-0.2, -0.15) is 0 Å². The van der Waals surface area contributed by atoms with Gasteiger partial charge in [0.15, 0.2) is 11.0 Å². The predicted octanol–water partition coefficient (Wildman–Crippen LogP) is 4.84. The maximum atomic E-state index is 11.1. The lowest BCUT2D eigenvalue weighted by Gasteiger charge is -2.11. The predicted molar refractivity (Wildman–Crippen MR) is 123 cm³/mol. The van der Waals surface area contributed by atoms with Crippen molar-refractivity contribution in [1.29, 1.82) is 0 Å². The maximum absolute atomic E-state index is 11.1. The molecule has 0 atom stereocenters. The standard InChI is InChI=1S/C23H18N4O5S/c1-32-20-12-10-18(11-13-20)26-21(16-6-8-19(9-7-16)27(30)31)24-25-23(26)33-14-15-2-4-17(5-3-15)22(28)29/h2-13H,14H2,1H3,(H,28,29). The van der Waals surface area contributed by atoms with Crippen LogP contribution in [-0.2, 0) is 5.75 Å². The fourth-order valence-electron chi connectivity index (χ4n) is 3.14. The van der Waals surface area contributed by atoms with Gasteiger partial charge in [-0.15, -0.1) is 10.2 Å². The first-order valence-corrected chi connectivity index (χ1v) is 10.7. The molecule has 4 aromatic rings. The molecule has 0 fully saturated rings. The Morgan fingerprint density at radius 1 is 1.03 bits per heavy atom. The van der Waals surface area contributed by atoms with Gasteiger partial charge in [0.2, 0.25) is 0 Å². The molecule has 1 N–H and O–H groups in total. The molecule has 0 bridgehead atoms. The molecule has 9 nitrogen and oxygen atoms in total. The summed E-state index contributed by atoms with van der Waals surface area (Å²) in [6.07, 6.45) is 0. The molecule has 0 saturated carbocycles. The Kier molecular flexibility index (Phi) is 6.36. The van der Waals surface area contributed by atoms with Crippen molar-refractivity contribution < 1.29 is 19.6 Å². The third kappa shape index (κ3) is 4.85. The van der Waals surface area contributed by atoms with Gasteiger partial charge < -0.3 is 9.84 Å². The normalized spacial score (nSPS) is 10.7. The van der Waals surface area contributed by atoms with Crippen LogP contribution in [0.4, 0.5) is 5.69 Å². The Morgan fingerprint density at radius 3 is 2.27 bits per heavy atom. The van der Waals surface area contributed by atoms with Crippen LogP contribution in [0.2, 0.25) is 0 Å². The average Bonchev–Trinajstić information content (AvgIpc) is 3.27. The van der Waals surface area contributed by atoms with E-state index in [2.05, 4.69) is 10.2 Å². The number of nitro benzene ring substituents is 1. The van der Waals surface area contributed by atoms with E-state index < -0.39 is 10.9 Å². The third-order valence-electron chi connectivity index (χ3n) is 4.87. The summed E-state index contributed by atoms with van der Waals surface area (Å²) < 4.78 is 7.12. The summed E-state index contributed by atoms with van der Waals surface area (Å²) in [6, 6.07) is 20.2. The van der Waals surface area contributed by atoms with Crippen LogP contribution < -0.4 is 4.74 Å². The van der Waals surface area contributed by atoms with E-state index in [1.807, 2.05) is 28.8 Å². The first-order valence-electron chi connectivity index (χ1n) is 9.76. The number of ether oxygens (including phenoxy) is 1. The average molecular weight is 462 g/mol. The number of thioether (sulfide) groups is 1. The second-order valence-corrected chi connectivity index (χ2v) is 7.88. The molecule has 0 aliphatic heterocycles. The lowest BCUT2D eigenvalue weighted by molar-refractivity contribution is -0.384. The van der Waals surface area contributed by atoms with Crippen LogP contribution in [0.15, 0.2) is 78.0 Å². The van der Waals surface area contributed by atoms with Gasteiger partial charge in [0.25, 0.3) is 5.69 Å². The van der Waals surface area contributed by atoms with Crippen molar-refractivity contribution in [2.24, 2.45) is 0 Å². The van der Waals surface area contributed by atoms with Gasteiger partial charge in [-0.3, -0.25) is 14.7 Å². The Morgan fingerprint density at radius 2 is 1.70 bits per heavy atom. The monoisotopic (exact) mass is 462 g/mol. The minimum atomic E-state index is -0.971. The van der Waals surface area contributed by atoms with Crippen LogP contribution in [-0.4, -0.2) is 37.9 Å². The lowest BCUT2D eigenvalue weighted by atomic mass is 10.1. The molecule has 1 heterocycles. The number of benzene rings is 3. The highest BCUT2D eigenvalue weighted by molar-refractivity contribution is 7.98. The minimum Gasteiger partial charge on any atom is -0.497 e. The van der Waals surface area contributed by atoms with Crippen molar-refractivity contribution in [3.8, 4) is 22.8 Å². The molecule has 33 heavy (non-hydrogen) atoms. The zero-order valence-electron chi connectivity index (χ0n) is 17.4. The van der Waals surface area contributed by atoms with Crippen molar-refractivity contribution in [3.63, 3.8) is 0 Å². The quantitative estimate of drug-likeness (QED) is 0.224. The minimum absolute atomic E-state index is 0.00586. The van der Waals surface area contributed by atoms with Crippen molar-refractivity contribution in [3.05, 3.63) is 94.0 Å². The molecule has 3 aromatic carbocycles. The maximum Gasteiger partial charge on any atom is 0.335 e. The fraction of sp³-hybridized carbons (Fsp3) is 0.0870. The van der Waals surface area contributed by atoms with E-state index in [4.69, 9.17) is 9.84 Å². The summed E-state index contributed by atoms with van der Waals surface area (Å²) in [5, 5.41) is 29.4. The molecule has 4 rings (SSSR count). The second-order valence-electron chi connectivity index (χ2n) is 6.93. The van der Waals surface area contributed by atoms with Crippen molar-refractivity contribution in [2.45, 2.75) is 10.9 Å². The largest absolute Gasteiger partial charge is 0.497 e. The second kappa shape index (κ2) is 9.53. The number of carboxylic acids is 1. The Bertz CT molecular complexity index is 1290. The number of aromatic carboxylic acids is 1. The van der Waals surface area contributed by atoms with Crippen LogP contribution in [0.3, 0.4) is 0 Å².